The lowest BCUT2D eigenvalue weighted by molar-refractivity contribution is -0.146. The molecule has 4 aromatic carbocycles. The van der Waals surface area contributed by atoms with Crippen LogP contribution in [-0.4, -0.2) is 40.1 Å². The van der Waals surface area contributed by atoms with E-state index in [1.54, 1.807) is 52.0 Å². The largest absolute Gasteiger partial charge is 0.478 e. The minimum Gasteiger partial charge on any atom is -0.478 e. The zero-order valence-corrected chi connectivity index (χ0v) is 21.3. The van der Waals surface area contributed by atoms with Crippen molar-refractivity contribution in [2.45, 2.75) is 39.8 Å². The molecule has 1 amide bonds. The van der Waals surface area contributed by atoms with E-state index in [2.05, 4.69) is 0 Å². The Morgan fingerprint density at radius 1 is 0.892 bits per heavy atom. The fourth-order valence-electron chi connectivity index (χ4n) is 4.29. The molecule has 0 atom stereocenters. The molecule has 37 heavy (non-hydrogen) atoms. The van der Waals surface area contributed by atoms with Gasteiger partial charge in [0.25, 0.3) is 0 Å². The number of benzene rings is 4. The van der Waals surface area contributed by atoms with Crippen LogP contribution < -0.4 is 4.74 Å². The number of amides is 1. The molecule has 4 rings (SSSR count). The molecular formula is C30H29NO6. The molecular weight excluding hydrogens is 470 g/mol. The average molecular weight is 500 g/mol. The molecule has 4 aromatic rings. The number of fused-ring (bicyclic) bond motifs is 2. The minimum absolute atomic E-state index is 0.0996. The second-order valence-electron chi connectivity index (χ2n) is 9.84. The Kier molecular flexibility index (Phi) is 7.16. The van der Waals surface area contributed by atoms with E-state index in [4.69, 9.17) is 9.47 Å². The lowest BCUT2D eigenvalue weighted by atomic mass is 9.93. The van der Waals surface area contributed by atoms with Gasteiger partial charge in [-0.1, -0.05) is 60.7 Å². The molecule has 7 nitrogen and oxygen atoms in total. The smallest absolute Gasteiger partial charge is 0.416 e. The van der Waals surface area contributed by atoms with Gasteiger partial charge >= 0.3 is 18.0 Å². The molecule has 0 aliphatic heterocycles. The molecule has 0 saturated heterocycles. The van der Waals surface area contributed by atoms with Gasteiger partial charge in [-0.15, -0.1) is 0 Å². The molecule has 0 aliphatic rings. The van der Waals surface area contributed by atoms with E-state index < -0.39 is 23.6 Å². The third-order valence-electron chi connectivity index (χ3n) is 6.21. The van der Waals surface area contributed by atoms with Crippen LogP contribution in [0.4, 0.5) is 4.79 Å². The summed E-state index contributed by atoms with van der Waals surface area (Å²) < 4.78 is 11.1. The lowest BCUT2D eigenvalue weighted by Crippen LogP contribution is -2.49. The predicted octanol–water partition coefficient (Wildman–Crippen LogP) is 6.34. The van der Waals surface area contributed by atoms with Gasteiger partial charge < -0.3 is 14.6 Å². The number of aryl methyl sites for hydroxylation is 1. The number of carbonyl (C=O) groups is 3. The number of ether oxygens (including phenoxy) is 2. The van der Waals surface area contributed by atoms with E-state index in [1.807, 2.05) is 48.5 Å². The third-order valence-corrected chi connectivity index (χ3v) is 6.21. The highest BCUT2D eigenvalue weighted by Gasteiger charge is 2.31. The number of hydrogen-bond donors (Lipinski definition) is 1. The Morgan fingerprint density at radius 2 is 1.57 bits per heavy atom. The van der Waals surface area contributed by atoms with E-state index in [1.165, 1.54) is 4.90 Å². The van der Waals surface area contributed by atoms with Crippen molar-refractivity contribution in [3.8, 4) is 5.75 Å². The quantitative estimate of drug-likeness (QED) is 0.246. The molecule has 0 unspecified atom stereocenters. The lowest BCUT2D eigenvalue weighted by Gasteiger charge is -2.34. The molecule has 0 saturated carbocycles. The third kappa shape index (κ3) is 5.56. The highest BCUT2D eigenvalue weighted by molar-refractivity contribution is 6.17. The Morgan fingerprint density at radius 3 is 2.24 bits per heavy atom. The molecule has 0 radical (unpaired) electrons. The van der Waals surface area contributed by atoms with E-state index >= 15 is 0 Å². The Bertz CT molecular complexity index is 1490. The zero-order valence-electron chi connectivity index (χ0n) is 21.3. The number of carboxylic acids is 1. The van der Waals surface area contributed by atoms with Crippen LogP contribution in [0.25, 0.3) is 21.5 Å². The van der Waals surface area contributed by atoms with Crippen molar-refractivity contribution in [2.24, 2.45) is 0 Å². The molecule has 7 heteroatoms. The van der Waals surface area contributed by atoms with Gasteiger partial charge in [-0.2, -0.15) is 0 Å². The predicted molar refractivity (Wildman–Crippen MR) is 142 cm³/mol. The highest BCUT2D eigenvalue weighted by Crippen LogP contribution is 2.35. The number of hydrogen-bond acceptors (Lipinski definition) is 5. The number of carboxylic acid groups (broad SMARTS) is 1. The molecule has 0 fully saturated rings. The van der Waals surface area contributed by atoms with Crippen LogP contribution in [0.1, 0.15) is 42.3 Å². The fourth-order valence-corrected chi connectivity index (χ4v) is 4.29. The summed E-state index contributed by atoms with van der Waals surface area (Å²) in [6, 6.07) is 21.8. The first-order chi connectivity index (χ1) is 17.6. The maximum atomic E-state index is 13.3. The SMILES string of the molecule is Cc1c(OC(=O)N(CC(=O)OCc2ccccc2)C(C)(C)C)ccc2cc3ccccc3c(C(=O)O)c12. The Hall–Kier alpha value is -4.39. The molecule has 0 aliphatic carbocycles. The summed E-state index contributed by atoms with van der Waals surface area (Å²) >= 11 is 0. The van der Waals surface area contributed by atoms with E-state index in [-0.39, 0.29) is 24.5 Å². The van der Waals surface area contributed by atoms with E-state index in [0.717, 1.165) is 16.3 Å². The summed E-state index contributed by atoms with van der Waals surface area (Å²) in [6.07, 6.45) is -0.732. The summed E-state index contributed by atoms with van der Waals surface area (Å²) in [5.41, 5.74) is 0.778. The van der Waals surface area contributed by atoms with Gasteiger partial charge in [-0.25, -0.2) is 9.59 Å². The first kappa shape index (κ1) is 25.7. The number of esters is 1. The fraction of sp³-hybridized carbons (Fsp3) is 0.233. The monoisotopic (exact) mass is 499 g/mol. The van der Waals surface area contributed by atoms with Crippen LogP contribution in [-0.2, 0) is 16.1 Å². The van der Waals surface area contributed by atoms with Gasteiger partial charge in [0.15, 0.2) is 0 Å². The van der Waals surface area contributed by atoms with Gasteiger partial charge in [0.2, 0.25) is 0 Å². The second kappa shape index (κ2) is 10.3. The van der Waals surface area contributed by atoms with Gasteiger partial charge in [0.1, 0.15) is 18.9 Å². The van der Waals surface area contributed by atoms with Crippen LogP contribution in [0.15, 0.2) is 72.8 Å². The van der Waals surface area contributed by atoms with Crippen molar-refractivity contribution in [1.82, 2.24) is 4.90 Å². The van der Waals surface area contributed by atoms with Gasteiger partial charge in [-0.3, -0.25) is 9.69 Å². The van der Waals surface area contributed by atoms with Crippen LogP contribution in [0, 0.1) is 6.92 Å². The maximum absolute atomic E-state index is 13.3. The number of aromatic carboxylic acids is 1. The first-order valence-corrected chi connectivity index (χ1v) is 11.9. The minimum atomic E-state index is -1.06. The van der Waals surface area contributed by atoms with Crippen molar-refractivity contribution in [2.75, 3.05) is 6.54 Å². The Balaban J connectivity index is 1.62. The van der Waals surface area contributed by atoms with Gasteiger partial charge in [0.05, 0.1) is 5.56 Å². The molecule has 0 heterocycles. The molecule has 190 valence electrons. The zero-order chi connectivity index (χ0) is 26.7. The van der Waals surface area contributed by atoms with Crippen LogP contribution >= 0.6 is 0 Å². The summed E-state index contributed by atoms with van der Waals surface area (Å²) in [5.74, 6) is -1.40. The maximum Gasteiger partial charge on any atom is 0.416 e. The van der Waals surface area contributed by atoms with E-state index in [9.17, 15) is 19.5 Å². The molecule has 0 aromatic heterocycles. The summed E-state index contributed by atoms with van der Waals surface area (Å²) in [5, 5.41) is 12.7. The Labute approximate surface area is 215 Å². The van der Waals surface area contributed by atoms with Crippen molar-refractivity contribution in [1.29, 1.82) is 0 Å². The summed E-state index contributed by atoms with van der Waals surface area (Å²) in [6.45, 7) is 6.90. The summed E-state index contributed by atoms with van der Waals surface area (Å²) in [7, 11) is 0. The second-order valence-corrected chi connectivity index (χ2v) is 9.84. The van der Waals surface area contributed by atoms with E-state index in [0.29, 0.717) is 16.3 Å². The number of nitrogens with zero attached hydrogens (tertiary/aromatic N) is 1. The summed E-state index contributed by atoms with van der Waals surface area (Å²) in [4.78, 5) is 39.4. The van der Waals surface area contributed by atoms with Crippen LogP contribution in [0.3, 0.4) is 0 Å². The van der Waals surface area contributed by atoms with Crippen molar-refractivity contribution >= 4 is 39.6 Å². The molecule has 0 bridgehead atoms. The van der Waals surface area contributed by atoms with Gasteiger partial charge in [-0.05, 0) is 61.5 Å². The van der Waals surface area contributed by atoms with Crippen molar-refractivity contribution in [3.05, 3.63) is 89.5 Å². The van der Waals surface area contributed by atoms with Crippen LogP contribution in [0.5, 0.6) is 5.75 Å². The standard InChI is InChI=1S/C30H29NO6/c1-19-24(15-14-22-16-21-12-8-9-13-23(21)27(26(19)22)28(33)34)37-29(35)31(30(2,3)4)17-25(32)36-18-20-10-6-5-7-11-20/h5-16H,17-18H2,1-4H3,(H,33,34). The van der Waals surface area contributed by atoms with Crippen molar-refractivity contribution in [3.63, 3.8) is 0 Å². The topological polar surface area (TPSA) is 93.1 Å². The van der Waals surface area contributed by atoms with Gasteiger partial charge in [0, 0.05) is 16.5 Å². The average Bonchev–Trinajstić information content (AvgIpc) is 2.86. The highest BCUT2D eigenvalue weighted by atomic mass is 16.6. The molecule has 0 spiro atoms. The van der Waals surface area contributed by atoms with Crippen molar-refractivity contribution < 1.29 is 29.0 Å². The number of carbonyl (C=O) groups excluding carboxylic acids is 2. The van der Waals surface area contributed by atoms with Crippen LogP contribution in [0.2, 0.25) is 0 Å². The molecule has 1 N–H and O–H groups in total. The number of rotatable bonds is 6. The normalized spacial score (nSPS) is 11.4. The first-order valence-electron chi connectivity index (χ1n) is 11.9.